The van der Waals surface area contributed by atoms with E-state index in [1.807, 2.05) is 24.3 Å². The molecule has 2 N–H and O–H groups in total. The molecule has 1 aliphatic rings. The van der Waals surface area contributed by atoms with Crippen molar-refractivity contribution in [3.05, 3.63) is 53.6 Å². The normalized spacial score (nSPS) is 15.6. The summed E-state index contributed by atoms with van der Waals surface area (Å²) < 4.78 is 27.1. The third-order valence-corrected chi connectivity index (χ3v) is 6.21. The van der Waals surface area contributed by atoms with Gasteiger partial charge in [0.05, 0.1) is 10.9 Å². The number of anilines is 2. The molecule has 1 unspecified atom stereocenters. The van der Waals surface area contributed by atoms with Gasteiger partial charge in [-0.05, 0) is 62.2 Å². The second-order valence-electron chi connectivity index (χ2n) is 6.53. The van der Waals surface area contributed by atoms with Gasteiger partial charge in [0.1, 0.15) is 0 Å². The molecule has 0 aliphatic carbocycles. The van der Waals surface area contributed by atoms with Crippen LogP contribution < -0.4 is 14.9 Å². The van der Waals surface area contributed by atoms with Crippen molar-refractivity contribution < 1.29 is 13.2 Å². The van der Waals surface area contributed by atoms with Crippen molar-refractivity contribution in [2.45, 2.75) is 30.7 Å². The summed E-state index contributed by atoms with van der Waals surface area (Å²) in [5, 5.41) is 3.05. The van der Waals surface area contributed by atoms with Crippen molar-refractivity contribution in [2.24, 2.45) is 0 Å². The number of carbonyl (C=O) groups is 1. The first-order chi connectivity index (χ1) is 12.8. The van der Waals surface area contributed by atoms with Crippen LogP contribution in [0.5, 0.6) is 0 Å². The van der Waals surface area contributed by atoms with Crippen LogP contribution in [-0.4, -0.2) is 33.5 Å². The van der Waals surface area contributed by atoms with Gasteiger partial charge >= 0.3 is 0 Å². The number of nitrogens with zero attached hydrogens (tertiary/aromatic N) is 1. The standard InChI is InChI=1S/C19H22ClN3O3S/c1-14(22-27(25,26)18-6-4-5-15(20)13-18)19(24)21-16-7-9-17(10-8-16)23-11-2-3-12-23/h4-10,13-14,22H,2-3,11-12H2,1H3,(H,21,24). The zero-order valence-electron chi connectivity index (χ0n) is 15.0. The predicted octanol–water partition coefficient (Wildman–Crippen LogP) is 3.25. The Balaban J connectivity index is 1.61. The Kier molecular flexibility index (Phi) is 6.04. The average molecular weight is 408 g/mol. The molecule has 1 saturated heterocycles. The fourth-order valence-electron chi connectivity index (χ4n) is 2.97. The molecule has 0 spiro atoms. The Bertz CT molecular complexity index is 910. The Morgan fingerprint density at radius 2 is 1.78 bits per heavy atom. The summed E-state index contributed by atoms with van der Waals surface area (Å²) in [7, 11) is -3.84. The van der Waals surface area contributed by atoms with Crippen molar-refractivity contribution in [3.63, 3.8) is 0 Å². The van der Waals surface area contributed by atoms with E-state index in [-0.39, 0.29) is 4.90 Å². The minimum Gasteiger partial charge on any atom is -0.372 e. The van der Waals surface area contributed by atoms with E-state index in [0.29, 0.717) is 10.7 Å². The highest BCUT2D eigenvalue weighted by Crippen LogP contribution is 2.22. The first kappa shape index (κ1) is 19.7. The molecule has 1 aliphatic heterocycles. The lowest BCUT2D eigenvalue weighted by atomic mass is 10.2. The number of carbonyl (C=O) groups excluding carboxylic acids is 1. The smallest absolute Gasteiger partial charge is 0.242 e. The molecule has 0 saturated carbocycles. The Hall–Kier alpha value is -2.09. The lowest BCUT2D eigenvalue weighted by Gasteiger charge is -2.18. The van der Waals surface area contributed by atoms with E-state index in [1.54, 1.807) is 12.1 Å². The quantitative estimate of drug-likeness (QED) is 0.770. The maximum absolute atomic E-state index is 12.4. The molecule has 2 aromatic carbocycles. The molecule has 0 radical (unpaired) electrons. The second-order valence-corrected chi connectivity index (χ2v) is 8.68. The van der Waals surface area contributed by atoms with E-state index in [1.165, 1.54) is 31.9 Å². The molecule has 2 aromatic rings. The maximum atomic E-state index is 12.4. The third kappa shape index (κ3) is 5.00. The largest absolute Gasteiger partial charge is 0.372 e. The van der Waals surface area contributed by atoms with E-state index in [0.717, 1.165) is 18.8 Å². The van der Waals surface area contributed by atoms with Gasteiger partial charge in [0.15, 0.2) is 0 Å². The van der Waals surface area contributed by atoms with Crippen LogP contribution in [-0.2, 0) is 14.8 Å². The number of sulfonamides is 1. The number of hydrogen-bond acceptors (Lipinski definition) is 4. The van der Waals surface area contributed by atoms with Crippen LogP contribution in [0.3, 0.4) is 0 Å². The van der Waals surface area contributed by atoms with Crippen molar-refractivity contribution in [1.29, 1.82) is 0 Å². The van der Waals surface area contributed by atoms with E-state index < -0.39 is 22.0 Å². The fraction of sp³-hybridized carbons (Fsp3) is 0.316. The monoisotopic (exact) mass is 407 g/mol. The van der Waals surface area contributed by atoms with Gasteiger partial charge in [0.25, 0.3) is 0 Å². The Morgan fingerprint density at radius 1 is 1.11 bits per heavy atom. The average Bonchev–Trinajstić information content (AvgIpc) is 3.16. The highest BCUT2D eigenvalue weighted by Gasteiger charge is 2.22. The van der Waals surface area contributed by atoms with Gasteiger partial charge in [-0.15, -0.1) is 0 Å². The minimum absolute atomic E-state index is 0.0182. The van der Waals surface area contributed by atoms with E-state index in [4.69, 9.17) is 11.6 Å². The van der Waals surface area contributed by atoms with Gasteiger partial charge in [-0.2, -0.15) is 4.72 Å². The summed E-state index contributed by atoms with van der Waals surface area (Å²) in [6, 6.07) is 12.5. The third-order valence-electron chi connectivity index (χ3n) is 4.44. The highest BCUT2D eigenvalue weighted by atomic mass is 35.5. The van der Waals surface area contributed by atoms with Crippen LogP contribution >= 0.6 is 11.6 Å². The van der Waals surface area contributed by atoms with Crippen LogP contribution in [0.25, 0.3) is 0 Å². The van der Waals surface area contributed by atoms with Crippen molar-refractivity contribution >= 4 is 38.9 Å². The van der Waals surface area contributed by atoms with E-state index in [2.05, 4.69) is 14.9 Å². The summed E-state index contributed by atoms with van der Waals surface area (Å²) in [6.45, 7) is 3.60. The lowest BCUT2D eigenvalue weighted by molar-refractivity contribution is -0.117. The van der Waals surface area contributed by atoms with E-state index >= 15 is 0 Å². The molecule has 3 rings (SSSR count). The van der Waals surface area contributed by atoms with Crippen molar-refractivity contribution in [3.8, 4) is 0 Å². The molecule has 144 valence electrons. The molecule has 1 amide bonds. The van der Waals surface area contributed by atoms with Crippen LogP contribution in [0.4, 0.5) is 11.4 Å². The highest BCUT2D eigenvalue weighted by molar-refractivity contribution is 7.89. The molecular weight excluding hydrogens is 386 g/mol. The van der Waals surface area contributed by atoms with Gasteiger partial charge < -0.3 is 10.2 Å². The lowest BCUT2D eigenvalue weighted by Crippen LogP contribution is -2.41. The number of nitrogens with one attached hydrogen (secondary N) is 2. The molecule has 1 atom stereocenters. The topological polar surface area (TPSA) is 78.5 Å². The van der Waals surface area contributed by atoms with Crippen LogP contribution in [0, 0.1) is 0 Å². The van der Waals surface area contributed by atoms with Gasteiger partial charge in [0.2, 0.25) is 15.9 Å². The predicted molar refractivity (Wildman–Crippen MR) is 108 cm³/mol. The molecule has 8 heteroatoms. The minimum atomic E-state index is -3.84. The van der Waals surface area contributed by atoms with Gasteiger partial charge in [0, 0.05) is 29.5 Å². The number of halogens is 1. The number of amides is 1. The van der Waals surface area contributed by atoms with Crippen molar-refractivity contribution in [1.82, 2.24) is 4.72 Å². The zero-order valence-corrected chi connectivity index (χ0v) is 16.6. The fourth-order valence-corrected chi connectivity index (χ4v) is 4.47. The zero-order chi connectivity index (χ0) is 19.4. The van der Waals surface area contributed by atoms with Crippen LogP contribution in [0.15, 0.2) is 53.4 Å². The summed E-state index contributed by atoms with van der Waals surface area (Å²) in [4.78, 5) is 14.7. The number of benzene rings is 2. The molecule has 0 aromatic heterocycles. The molecule has 1 heterocycles. The SMILES string of the molecule is CC(NS(=O)(=O)c1cccc(Cl)c1)C(=O)Nc1ccc(N2CCCC2)cc1. The number of rotatable bonds is 6. The number of hydrogen-bond donors (Lipinski definition) is 2. The molecule has 6 nitrogen and oxygen atoms in total. The molecule has 27 heavy (non-hydrogen) atoms. The Morgan fingerprint density at radius 3 is 2.41 bits per heavy atom. The molecule has 0 bridgehead atoms. The Labute approximate surface area is 164 Å². The van der Waals surface area contributed by atoms with Gasteiger partial charge in [-0.1, -0.05) is 17.7 Å². The van der Waals surface area contributed by atoms with Crippen molar-refractivity contribution in [2.75, 3.05) is 23.3 Å². The molecule has 1 fully saturated rings. The van der Waals surface area contributed by atoms with E-state index in [9.17, 15) is 13.2 Å². The van der Waals surface area contributed by atoms with Gasteiger partial charge in [-0.3, -0.25) is 4.79 Å². The van der Waals surface area contributed by atoms with Crippen LogP contribution in [0.1, 0.15) is 19.8 Å². The summed E-state index contributed by atoms with van der Waals surface area (Å²) in [5.41, 5.74) is 1.75. The van der Waals surface area contributed by atoms with Gasteiger partial charge in [-0.25, -0.2) is 8.42 Å². The first-order valence-electron chi connectivity index (χ1n) is 8.79. The first-order valence-corrected chi connectivity index (χ1v) is 10.6. The summed E-state index contributed by atoms with van der Waals surface area (Å²) in [5.74, 6) is -0.436. The van der Waals surface area contributed by atoms with Crippen LogP contribution in [0.2, 0.25) is 5.02 Å². The maximum Gasteiger partial charge on any atom is 0.242 e. The second kappa shape index (κ2) is 8.29. The molecular formula is C19H22ClN3O3S. The summed E-state index contributed by atoms with van der Waals surface area (Å²) in [6.07, 6.45) is 2.39. The summed E-state index contributed by atoms with van der Waals surface area (Å²) >= 11 is 5.84.